The number of phenols is 1. The van der Waals surface area contributed by atoms with Crippen molar-refractivity contribution in [3.63, 3.8) is 0 Å². The summed E-state index contributed by atoms with van der Waals surface area (Å²) in [4.78, 5) is 4.38. The predicted molar refractivity (Wildman–Crippen MR) is 164 cm³/mol. The Kier molecular flexibility index (Phi) is 16.2. The van der Waals surface area contributed by atoms with Crippen molar-refractivity contribution in [1.82, 2.24) is 10.0 Å². The highest BCUT2D eigenvalue weighted by molar-refractivity contribution is 7.98. The molecule has 0 aromatic heterocycles. The van der Waals surface area contributed by atoms with Crippen molar-refractivity contribution in [1.29, 1.82) is 0 Å². The van der Waals surface area contributed by atoms with Gasteiger partial charge in [0.25, 0.3) is 0 Å². The summed E-state index contributed by atoms with van der Waals surface area (Å²) in [5.74, 6) is 3.91. The SMILES string of the molecule is C#C.C=S(=O)(NCCN/C(C)=C/Cc1ccccc1NC)c1ccc(C)c(O)c1.CN=CC(C)=C(C)C. The van der Waals surface area contributed by atoms with E-state index in [9.17, 15) is 9.32 Å². The zero-order chi connectivity index (χ0) is 28.4. The zero-order valence-corrected chi connectivity index (χ0v) is 24.2. The highest BCUT2D eigenvalue weighted by Gasteiger charge is 2.09. The van der Waals surface area contributed by atoms with Crippen LogP contribution in [0.2, 0.25) is 0 Å². The van der Waals surface area contributed by atoms with E-state index in [1.165, 1.54) is 22.8 Å². The van der Waals surface area contributed by atoms with Crippen molar-refractivity contribution < 1.29 is 9.32 Å². The smallest absolute Gasteiger partial charge is 0.119 e. The molecule has 2 rings (SSSR count). The fourth-order valence-corrected chi connectivity index (χ4v) is 4.14. The van der Waals surface area contributed by atoms with E-state index < -0.39 is 9.71 Å². The van der Waals surface area contributed by atoms with E-state index in [0.717, 1.165) is 23.4 Å². The van der Waals surface area contributed by atoms with Crippen LogP contribution < -0.4 is 15.4 Å². The molecule has 0 aliphatic carbocycles. The Morgan fingerprint density at radius 2 is 1.76 bits per heavy atom. The van der Waals surface area contributed by atoms with Crippen molar-refractivity contribution in [2.75, 3.05) is 32.5 Å². The lowest BCUT2D eigenvalue weighted by atomic mass is 10.1. The lowest BCUT2D eigenvalue weighted by Crippen LogP contribution is -2.31. The Labute approximate surface area is 225 Å². The van der Waals surface area contributed by atoms with Crippen molar-refractivity contribution in [2.24, 2.45) is 4.99 Å². The van der Waals surface area contributed by atoms with E-state index in [0.29, 0.717) is 18.0 Å². The molecule has 0 heterocycles. The van der Waals surface area contributed by atoms with Crippen molar-refractivity contribution in [3.8, 4) is 18.6 Å². The second-order valence-corrected chi connectivity index (χ2v) is 10.6. The summed E-state index contributed by atoms with van der Waals surface area (Å²) >= 11 is 0. The van der Waals surface area contributed by atoms with Gasteiger partial charge in [-0.05, 0) is 81.8 Å². The molecule has 0 fully saturated rings. The van der Waals surface area contributed by atoms with E-state index >= 15 is 0 Å². The first-order valence-electron chi connectivity index (χ1n) is 12.0. The highest BCUT2D eigenvalue weighted by atomic mass is 32.2. The standard InChI is InChI=1S/C21H29N3O2S.C7H13N.C2H2/c1-16-9-12-19(15-21(16)25)27(4,26)24-14-13-23-17(2)10-11-18-7-5-6-8-20(18)22-3;1-6(2)7(3)5-8-4;1-2/h5-10,12,15,22-23,25H,4,11,13-14H2,1-3H3,(H,24,26);5H,1-4H3;1-2H/b17-10+;;. The molecule has 0 saturated carbocycles. The molecule has 202 valence electrons. The molecule has 0 radical (unpaired) electrons. The molecule has 1 unspecified atom stereocenters. The number of terminal acetylenes is 1. The van der Waals surface area contributed by atoms with E-state index in [-0.39, 0.29) is 5.75 Å². The van der Waals surface area contributed by atoms with Crippen LogP contribution in [-0.2, 0) is 16.1 Å². The monoisotopic (exact) mass is 524 g/mol. The minimum atomic E-state index is -2.64. The van der Waals surface area contributed by atoms with E-state index in [1.807, 2.05) is 32.3 Å². The van der Waals surface area contributed by atoms with Gasteiger partial charge >= 0.3 is 0 Å². The molecule has 0 aliphatic heterocycles. The average molecular weight is 525 g/mol. The number of para-hydroxylation sites is 1. The van der Waals surface area contributed by atoms with E-state index in [1.54, 1.807) is 26.1 Å². The van der Waals surface area contributed by atoms with E-state index in [2.05, 4.69) is 78.0 Å². The summed E-state index contributed by atoms with van der Waals surface area (Å²) in [5, 5.41) is 16.3. The number of aryl methyl sites for hydroxylation is 1. The number of hydrogen-bond donors (Lipinski definition) is 4. The molecule has 0 bridgehead atoms. The topological polar surface area (TPSA) is 85.8 Å². The normalized spacial score (nSPS) is 12.3. The van der Waals surface area contributed by atoms with Crippen LogP contribution in [0.3, 0.4) is 0 Å². The van der Waals surface area contributed by atoms with Gasteiger partial charge in [-0.3, -0.25) is 4.99 Å². The van der Waals surface area contributed by atoms with Crippen LogP contribution in [0.4, 0.5) is 5.69 Å². The number of aromatic hydroxyl groups is 1. The number of hydrogen-bond acceptors (Lipinski definition) is 5. The van der Waals surface area contributed by atoms with Gasteiger partial charge in [0.2, 0.25) is 0 Å². The van der Waals surface area contributed by atoms with Gasteiger partial charge in [0.05, 0.1) is 9.71 Å². The first-order chi connectivity index (χ1) is 17.5. The molecule has 7 heteroatoms. The van der Waals surface area contributed by atoms with Gasteiger partial charge in [-0.15, -0.1) is 12.8 Å². The van der Waals surface area contributed by atoms with Gasteiger partial charge in [0.1, 0.15) is 5.75 Å². The molecule has 0 amide bonds. The minimum Gasteiger partial charge on any atom is -0.508 e. The third-order valence-electron chi connectivity index (χ3n) is 5.45. The summed E-state index contributed by atoms with van der Waals surface area (Å²) in [5.41, 5.74) is 6.76. The second-order valence-electron chi connectivity index (χ2n) is 8.51. The Morgan fingerprint density at radius 3 is 2.30 bits per heavy atom. The number of nitrogens with one attached hydrogen (secondary N) is 3. The van der Waals surface area contributed by atoms with Gasteiger partial charge in [-0.25, -0.2) is 8.93 Å². The molecule has 0 aliphatic rings. The molecule has 6 nitrogen and oxygen atoms in total. The van der Waals surface area contributed by atoms with Crippen molar-refractivity contribution in [2.45, 2.75) is 45.9 Å². The Hall–Kier alpha value is -3.47. The molecule has 2 aromatic rings. The Bertz CT molecular complexity index is 1190. The zero-order valence-electron chi connectivity index (χ0n) is 23.4. The Balaban J connectivity index is 0.00000111. The molecule has 0 spiro atoms. The predicted octanol–water partition coefficient (Wildman–Crippen LogP) is 5.35. The molecular weight excluding hydrogens is 480 g/mol. The van der Waals surface area contributed by atoms with Crippen molar-refractivity contribution in [3.05, 3.63) is 76.5 Å². The molecule has 4 N–H and O–H groups in total. The third-order valence-corrected chi connectivity index (χ3v) is 7.14. The maximum absolute atomic E-state index is 12.7. The second kappa shape index (κ2) is 17.9. The van der Waals surface area contributed by atoms with Crippen LogP contribution in [0, 0.1) is 19.8 Å². The molecule has 1 atom stereocenters. The summed E-state index contributed by atoms with van der Waals surface area (Å²) in [7, 11) is 1.06. The van der Waals surface area contributed by atoms with Crippen LogP contribution in [0.15, 0.2) is 75.3 Å². The number of allylic oxidation sites excluding steroid dienone is 4. The largest absolute Gasteiger partial charge is 0.508 e. The number of nitrogens with zero attached hydrogens (tertiary/aromatic N) is 1. The lowest BCUT2D eigenvalue weighted by molar-refractivity contribution is 0.469. The first-order valence-corrected chi connectivity index (χ1v) is 13.7. The summed E-state index contributed by atoms with van der Waals surface area (Å²) < 4.78 is 15.7. The van der Waals surface area contributed by atoms with Crippen LogP contribution in [-0.4, -0.2) is 48.6 Å². The van der Waals surface area contributed by atoms with Crippen LogP contribution in [0.5, 0.6) is 5.75 Å². The van der Waals surface area contributed by atoms with Gasteiger partial charge < -0.3 is 15.7 Å². The van der Waals surface area contributed by atoms with E-state index in [4.69, 9.17) is 0 Å². The number of benzene rings is 2. The number of aliphatic imine (C=N–C) groups is 1. The fraction of sp³-hybridized carbons (Fsp3) is 0.333. The molecule has 0 saturated heterocycles. The summed E-state index contributed by atoms with van der Waals surface area (Å²) in [6.45, 7) is 11.2. The number of rotatable bonds is 10. The van der Waals surface area contributed by atoms with Gasteiger partial charge in [-0.1, -0.05) is 35.9 Å². The van der Waals surface area contributed by atoms with Crippen LogP contribution in [0.25, 0.3) is 0 Å². The minimum absolute atomic E-state index is 0.129. The Morgan fingerprint density at radius 1 is 1.11 bits per heavy atom. The molecular formula is C30H44N4O2S. The number of phenolic OH excluding ortho intramolecular Hbond substituents is 1. The molecule has 2 aromatic carbocycles. The lowest BCUT2D eigenvalue weighted by Gasteiger charge is -2.14. The number of anilines is 1. The van der Waals surface area contributed by atoms with Gasteiger partial charge in [-0.2, -0.15) is 0 Å². The van der Waals surface area contributed by atoms with Crippen molar-refractivity contribution >= 4 is 27.5 Å². The van der Waals surface area contributed by atoms with Crippen LogP contribution >= 0.6 is 0 Å². The van der Waals surface area contributed by atoms with Crippen LogP contribution in [0.1, 0.15) is 38.8 Å². The third kappa shape index (κ3) is 12.9. The average Bonchev–Trinajstić information content (AvgIpc) is 2.88. The first kappa shape index (κ1) is 33.5. The fourth-order valence-electron chi connectivity index (χ4n) is 2.95. The summed E-state index contributed by atoms with van der Waals surface area (Å²) in [6.07, 6.45) is 12.8. The van der Waals surface area contributed by atoms with Gasteiger partial charge in [0.15, 0.2) is 0 Å². The van der Waals surface area contributed by atoms with Gasteiger partial charge in [0, 0.05) is 49.7 Å². The summed E-state index contributed by atoms with van der Waals surface area (Å²) in [6, 6.07) is 13.2. The quantitative estimate of drug-likeness (QED) is 0.146. The molecule has 37 heavy (non-hydrogen) atoms. The highest BCUT2D eigenvalue weighted by Crippen LogP contribution is 2.20. The maximum Gasteiger partial charge on any atom is 0.119 e. The maximum atomic E-state index is 12.7.